The summed E-state index contributed by atoms with van der Waals surface area (Å²) >= 11 is 4.14. The number of unbranched alkanes of at least 4 members (excludes halogenated alkanes) is 6. The van der Waals surface area contributed by atoms with E-state index in [1.165, 1.54) is 80.4 Å². The Hall–Kier alpha value is -1.39. The number of hydrogen-bond acceptors (Lipinski definition) is 4. The van der Waals surface area contributed by atoms with Gasteiger partial charge in [0.2, 0.25) is 0 Å². The molecule has 180 valence electrons. The summed E-state index contributed by atoms with van der Waals surface area (Å²) in [5.74, 6) is 3.71. The second-order valence-electron chi connectivity index (χ2n) is 9.18. The molecule has 0 amide bonds. The highest BCUT2D eigenvalue weighted by atomic mass is 32.2. The van der Waals surface area contributed by atoms with E-state index in [1.54, 1.807) is 0 Å². The van der Waals surface area contributed by atoms with Gasteiger partial charge in [-0.05, 0) is 72.1 Å². The van der Waals surface area contributed by atoms with Crippen molar-refractivity contribution in [2.75, 3.05) is 11.5 Å². The van der Waals surface area contributed by atoms with Crippen LogP contribution in [0.3, 0.4) is 0 Å². The highest BCUT2D eigenvalue weighted by Crippen LogP contribution is 2.46. The Morgan fingerprint density at radius 1 is 0.818 bits per heavy atom. The van der Waals surface area contributed by atoms with Crippen LogP contribution in [0.5, 0.6) is 5.75 Å². The predicted octanol–water partition coefficient (Wildman–Crippen LogP) is 9.09. The number of rotatable bonds is 13. The average molecular weight is 485 g/mol. The molecule has 0 atom stereocenters. The molecular weight excluding hydrogens is 444 g/mol. The largest absolute Gasteiger partial charge is 0.423 e. The van der Waals surface area contributed by atoms with Crippen molar-refractivity contribution in [3.63, 3.8) is 0 Å². The number of carbonyl (C=O) groups is 1. The minimum atomic E-state index is -0.285. The van der Waals surface area contributed by atoms with Crippen molar-refractivity contribution in [2.24, 2.45) is 5.92 Å². The fourth-order valence-electron chi connectivity index (χ4n) is 4.18. The maximum Gasteiger partial charge on any atom is 0.343 e. The molecule has 3 rings (SSSR count). The van der Waals surface area contributed by atoms with E-state index in [-0.39, 0.29) is 5.97 Å². The highest BCUT2D eigenvalue weighted by molar-refractivity contribution is 8.16. The van der Waals surface area contributed by atoms with Gasteiger partial charge in [-0.1, -0.05) is 83.1 Å². The van der Waals surface area contributed by atoms with Gasteiger partial charge in [0.25, 0.3) is 0 Å². The van der Waals surface area contributed by atoms with Crippen LogP contribution in [0.4, 0.5) is 0 Å². The molecule has 0 radical (unpaired) electrons. The Labute approximate surface area is 209 Å². The smallest absolute Gasteiger partial charge is 0.343 e. The van der Waals surface area contributed by atoms with Gasteiger partial charge in [-0.2, -0.15) is 0 Å². The number of thioether (sulfide) groups is 2. The minimum absolute atomic E-state index is 0.285. The maximum atomic E-state index is 12.5. The lowest BCUT2D eigenvalue weighted by Gasteiger charge is -2.28. The first kappa shape index (κ1) is 26.2. The summed E-state index contributed by atoms with van der Waals surface area (Å²) in [5.41, 5.74) is 3.22. The second-order valence-corrected chi connectivity index (χ2v) is 11.8. The summed E-state index contributed by atoms with van der Waals surface area (Å²) in [4.78, 5) is 12.5. The molecule has 1 fully saturated rings. The van der Waals surface area contributed by atoms with Crippen LogP contribution in [0.1, 0.15) is 97.7 Å². The Balaban J connectivity index is 1.42. The standard InChI is InChI=1S/C29H40O2S2/c1-3-5-7-9-11-23-13-15-25(16-14-23)28(30)31-27-19-17-26(18-20-27)29-32-21-24(22-33-29)12-10-8-6-4-2/h13-20,24,29H,3-12,21-22H2,1-2H3. The van der Waals surface area contributed by atoms with Crippen LogP contribution in [-0.4, -0.2) is 17.5 Å². The quantitative estimate of drug-likeness (QED) is 0.161. The number of hydrogen-bond donors (Lipinski definition) is 0. The molecule has 2 nitrogen and oxygen atoms in total. The summed E-state index contributed by atoms with van der Waals surface area (Å²) < 4.78 is 6.12. The first-order valence-electron chi connectivity index (χ1n) is 12.8. The Morgan fingerprint density at radius 3 is 2.09 bits per heavy atom. The molecule has 0 spiro atoms. The zero-order valence-electron chi connectivity index (χ0n) is 20.4. The summed E-state index contributed by atoms with van der Waals surface area (Å²) in [6.45, 7) is 4.50. The van der Waals surface area contributed by atoms with E-state index in [2.05, 4.69) is 61.6 Å². The first-order chi connectivity index (χ1) is 16.2. The summed E-state index contributed by atoms with van der Waals surface area (Å²) in [7, 11) is 0. The lowest BCUT2D eigenvalue weighted by atomic mass is 10.0. The minimum Gasteiger partial charge on any atom is -0.423 e. The Kier molecular flexibility index (Phi) is 11.7. The van der Waals surface area contributed by atoms with Crippen LogP contribution in [0, 0.1) is 5.92 Å². The predicted molar refractivity (Wildman–Crippen MR) is 146 cm³/mol. The lowest BCUT2D eigenvalue weighted by molar-refractivity contribution is 0.0734. The van der Waals surface area contributed by atoms with Gasteiger partial charge in [0, 0.05) is 0 Å². The van der Waals surface area contributed by atoms with Crippen LogP contribution in [0.2, 0.25) is 0 Å². The van der Waals surface area contributed by atoms with Crippen LogP contribution in [-0.2, 0) is 6.42 Å². The number of benzene rings is 2. The van der Waals surface area contributed by atoms with Gasteiger partial charge in [0.05, 0.1) is 10.1 Å². The van der Waals surface area contributed by atoms with Crippen molar-refractivity contribution in [2.45, 2.75) is 82.6 Å². The van der Waals surface area contributed by atoms with Gasteiger partial charge in [-0.15, -0.1) is 23.5 Å². The van der Waals surface area contributed by atoms with Crippen molar-refractivity contribution in [3.8, 4) is 5.75 Å². The molecule has 1 heterocycles. The topological polar surface area (TPSA) is 26.3 Å². The summed E-state index contributed by atoms with van der Waals surface area (Å²) in [5, 5.41) is 0. The van der Waals surface area contributed by atoms with E-state index >= 15 is 0 Å². The average Bonchev–Trinajstić information content (AvgIpc) is 2.86. The summed E-state index contributed by atoms with van der Waals surface area (Å²) in [6, 6.07) is 16.0. The second kappa shape index (κ2) is 14.8. The van der Waals surface area contributed by atoms with Gasteiger partial charge in [0.1, 0.15) is 5.75 Å². The third-order valence-electron chi connectivity index (χ3n) is 6.30. The molecule has 2 aromatic carbocycles. The zero-order valence-corrected chi connectivity index (χ0v) is 22.0. The van der Waals surface area contributed by atoms with Crippen molar-refractivity contribution in [1.29, 1.82) is 0 Å². The van der Waals surface area contributed by atoms with Gasteiger partial charge in [-0.3, -0.25) is 0 Å². The number of esters is 1. The number of ether oxygens (including phenoxy) is 1. The van der Waals surface area contributed by atoms with Gasteiger partial charge in [-0.25, -0.2) is 4.79 Å². The highest BCUT2D eigenvalue weighted by Gasteiger charge is 2.23. The molecule has 0 N–H and O–H groups in total. The third kappa shape index (κ3) is 9.05. The maximum absolute atomic E-state index is 12.5. The number of carbonyl (C=O) groups excluding carboxylic acids is 1. The van der Waals surface area contributed by atoms with Crippen molar-refractivity contribution >= 4 is 29.5 Å². The van der Waals surface area contributed by atoms with Crippen LogP contribution >= 0.6 is 23.5 Å². The van der Waals surface area contributed by atoms with E-state index in [1.807, 2.05) is 24.3 Å². The normalized spacial score (nSPS) is 18.2. The van der Waals surface area contributed by atoms with Gasteiger partial charge >= 0.3 is 5.97 Å². The molecule has 1 aliphatic heterocycles. The van der Waals surface area contributed by atoms with E-state index in [0.717, 1.165) is 12.3 Å². The molecule has 2 aromatic rings. The van der Waals surface area contributed by atoms with E-state index < -0.39 is 0 Å². The van der Waals surface area contributed by atoms with Crippen LogP contribution in [0.15, 0.2) is 48.5 Å². The molecule has 0 saturated carbocycles. The SMILES string of the molecule is CCCCCCc1ccc(C(=O)Oc2ccc(C3SCC(CCCCCC)CS3)cc2)cc1. The Bertz CT molecular complexity index is 809. The van der Waals surface area contributed by atoms with Crippen molar-refractivity contribution in [1.82, 2.24) is 0 Å². The van der Waals surface area contributed by atoms with Crippen LogP contribution < -0.4 is 4.74 Å². The fraction of sp³-hybridized carbons (Fsp3) is 0.552. The molecule has 1 saturated heterocycles. The van der Waals surface area contributed by atoms with E-state index in [9.17, 15) is 4.79 Å². The molecule has 0 unspecified atom stereocenters. The molecule has 4 heteroatoms. The zero-order chi connectivity index (χ0) is 23.3. The lowest BCUT2D eigenvalue weighted by Crippen LogP contribution is -2.14. The molecule has 33 heavy (non-hydrogen) atoms. The van der Waals surface area contributed by atoms with Crippen molar-refractivity contribution in [3.05, 3.63) is 65.2 Å². The first-order valence-corrected chi connectivity index (χ1v) is 14.9. The molecule has 0 aliphatic carbocycles. The van der Waals surface area contributed by atoms with Gasteiger partial charge in [0.15, 0.2) is 0 Å². The monoisotopic (exact) mass is 484 g/mol. The summed E-state index contributed by atoms with van der Waals surface area (Å²) in [6.07, 6.45) is 12.9. The molecular formula is C29H40O2S2. The van der Waals surface area contributed by atoms with Gasteiger partial charge < -0.3 is 4.74 Å². The number of aryl methyl sites for hydroxylation is 1. The van der Waals surface area contributed by atoms with Crippen LogP contribution in [0.25, 0.3) is 0 Å². The fourth-order valence-corrected chi connectivity index (χ4v) is 7.35. The molecule has 0 bridgehead atoms. The molecule has 1 aliphatic rings. The third-order valence-corrected chi connectivity index (χ3v) is 9.60. The van der Waals surface area contributed by atoms with Crippen molar-refractivity contribution < 1.29 is 9.53 Å². The molecule has 0 aromatic heterocycles. The Morgan fingerprint density at radius 2 is 1.45 bits per heavy atom. The van der Waals surface area contributed by atoms with E-state index in [0.29, 0.717) is 15.9 Å². The van der Waals surface area contributed by atoms with E-state index in [4.69, 9.17) is 4.74 Å².